The zero-order valence-electron chi connectivity index (χ0n) is 18.9. The molecular weight excluding hydrogens is 441 g/mol. The fraction of sp³-hybridized carbons (Fsp3) is 0.375. The number of nitrogens with two attached hydrogens (primary N) is 1. The number of nitrogen functional groups attached to an aromatic ring is 1. The summed E-state index contributed by atoms with van der Waals surface area (Å²) in [4.78, 5) is 20.8. The molecular formula is C24H26FN5O4. The van der Waals surface area contributed by atoms with E-state index in [1.165, 1.54) is 6.20 Å². The van der Waals surface area contributed by atoms with Gasteiger partial charge in [-0.25, -0.2) is 19.2 Å². The third-order valence-electron chi connectivity index (χ3n) is 6.55. The number of hydrogen-bond donors (Lipinski definition) is 4. The van der Waals surface area contributed by atoms with Gasteiger partial charge in [0.2, 0.25) is 5.88 Å². The minimum absolute atomic E-state index is 0.0333. The van der Waals surface area contributed by atoms with Gasteiger partial charge in [-0.1, -0.05) is 0 Å². The van der Waals surface area contributed by atoms with Gasteiger partial charge in [-0.3, -0.25) is 5.32 Å². The minimum Gasteiger partial charge on any atom is -0.474 e. The molecule has 0 unspecified atom stereocenters. The van der Waals surface area contributed by atoms with E-state index < -0.39 is 18.0 Å². The van der Waals surface area contributed by atoms with Crippen molar-refractivity contribution in [2.24, 2.45) is 5.92 Å². The maximum atomic E-state index is 15.3. The van der Waals surface area contributed by atoms with Crippen molar-refractivity contribution in [2.45, 2.75) is 38.9 Å². The zero-order valence-corrected chi connectivity index (χ0v) is 18.9. The third-order valence-corrected chi connectivity index (χ3v) is 6.55. The van der Waals surface area contributed by atoms with Crippen molar-refractivity contribution in [3.05, 3.63) is 35.9 Å². The fourth-order valence-corrected chi connectivity index (χ4v) is 4.44. The quantitative estimate of drug-likeness (QED) is 0.426. The molecule has 1 aliphatic carbocycles. The van der Waals surface area contributed by atoms with Crippen LogP contribution in [0.2, 0.25) is 0 Å². The Balaban J connectivity index is 1.42. The van der Waals surface area contributed by atoms with E-state index in [0.717, 1.165) is 11.3 Å². The van der Waals surface area contributed by atoms with Gasteiger partial charge in [-0.05, 0) is 55.7 Å². The van der Waals surface area contributed by atoms with Crippen LogP contribution in [0.1, 0.15) is 25.3 Å². The summed E-state index contributed by atoms with van der Waals surface area (Å²) in [7, 11) is 0. The number of nitrogens with zero attached hydrogens (tertiary/aromatic N) is 2. The van der Waals surface area contributed by atoms with E-state index in [-0.39, 0.29) is 23.5 Å². The average Bonchev–Trinajstić information content (AvgIpc) is 2.79. The summed E-state index contributed by atoms with van der Waals surface area (Å²) in [5.41, 5.74) is 8.50. The smallest absolute Gasteiger partial charge is 0.413 e. The van der Waals surface area contributed by atoms with Crippen molar-refractivity contribution in [3.63, 3.8) is 0 Å². The molecule has 2 aliphatic rings. The van der Waals surface area contributed by atoms with Gasteiger partial charge in [0.15, 0.2) is 5.82 Å². The number of fused-ring (bicyclic) bond motifs is 2. The van der Waals surface area contributed by atoms with Crippen molar-refractivity contribution in [2.75, 3.05) is 29.5 Å². The highest BCUT2D eigenvalue weighted by Crippen LogP contribution is 2.39. The Bertz CT molecular complexity index is 1280. The molecule has 1 saturated carbocycles. The summed E-state index contributed by atoms with van der Waals surface area (Å²) >= 11 is 0. The fourth-order valence-electron chi connectivity index (χ4n) is 4.44. The SMILES string of the molecule is Cc1c(-c2cc3cc(NC(=O)O[C@H]4C[C@H]([C@@H](C)O)C4)ncc3c(N)c2F)cnc2c1NCCO2. The van der Waals surface area contributed by atoms with Gasteiger partial charge in [0.1, 0.15) is 24.2 Å². The molecule has 1 aromatic carbocycles. The van der Waals surface area contributed by atoms with Crippen LogP contribution in [0.15, 0.2) is 24.5 Å². The van der Waals surface area contributed by atoms with Crippen LogP contribution < -0.4 is 21.1 Å². The van der Waals surface area contributed by atoms with Crippen molar-refractivity contribution in [3.8, 4) is 17.0 Å². The highest BCUT2D eigenvalue weighted by Gasteiger charge is 2.35. The van der Waals surface area contributed by atoms with Crippen LogP contribution in [0.4, 0.5) is 26.4 Å². The second kappa shape index (κ2) is 8.60. The molecule has 5 rings (SSSR count). The van der Waals surface area contributed by atoms with Crippen LogP contribution in [-0.4, -0.2) is 46.5 Å². The summed E-state index contributed by atoms with van der Waals surface area (Å²) in [6.45, 7) is 4.76. The highest BCUT2D eigenvalue weighted by atomic mass is 19.1. The molecule has 10 heteroatoms. The number of hydrogen-bond acceptors (Lipinski definition) is 8. The normalized spacial score (nSPS) is 19.9. The van der Waals surface area contributed by atoms with Crippen LogP contribution in [-0.2, 0) is 4.74 Å². The predicted octanol–water partition coefficient (Wildman–Crippen LogP) is 3.84. The summed E-state index contributed by atoms with van der Waals surface area (Å²) in [5.74, 6) is 0.336. The van der Waals surface area contributed by atoms with Gasteiger partial charge in [0, 0.05) is 35.5 Å². The first-order valence-corrected chi connectivity index (χ1v) is 11.2. The van der Waals surface area contributed by atoms with Crippen LogP contribution in [0.25, 0.3) is 21.9 Å². The first-order valence-electron chi connectivity index (χ1n) is 11.2. The zero-order chi connectivity index (χ0) is 24.0. The van der Waals surface area contributed by atoms with Gasteiger partial charge in [0.05, 0.1) is 11.8 Å². The molecule has 9 nitrogen and oxygen atoms in total. The molecule has 0 spiro atoms. The Labute approximate surface area is 195 Å². The molecule has 3 aromatic rings. The third kappa shape index (κ3) is 3.94. The largest absolute Gasteiger partial charge is 0.474 e. The number of anilines is 3. The second-order valence-corrected chi connectivity index (χ2v) is 8.82. The molecule has 34 heavy (non-hydrogen) atoms. The lowest BCUT2D eigenvalue weighted by Crippen LogP contribution is -2.39. The number of benzene rings is 1. The van der Waals surface area contributed by atoms with E-state index in [2.05, 4.69) is 20.6 Å². The van der Waals surface area contributed by atoms with Gasteiger partial charge in [0.25, 0.3) is 0 Å². The molecule has 1 amide bonds. The maximum Gasteiger partial charge on any atom is 0.413 e. The number of rotatable bonds is 4. The Morgan fingerprint density at radius 1 is 1.32 bits per heavy atom. The van der Waals surface area contributed by atoms with E-state index in [0.29, 0.717) is 53.8 Å². The average molecular weight is 468 g/mol. The van der Waals surface area contributed by atoms with Crippen LogP contribution in [0, 0.1) is 18.7 Å². The highest BCUT2D eigenvalue weighted by molar-refractivity contribution is 5.99. The molecule has 0 saturated heterocycles. The van der Waals surface area contributed by atoms with E-state index in [1.807, 2.05) is 6.92 Å². The van der Waals surface area contributed by atoms with E-state index in [9.17, 15) is 9.90 Å². The Hall–Kier alpha value is -3.66. The molecule has 0 bridgehead atoms. The number of amides is 1. The second-order valence-electron chi connectivity index (χ2n) is 8.82. The summed E-state index contributed by atoms with van der Waals surface area (Å²) in [6.07, 6.45) is 2.98. The van der Waals surface area contributed by atoms with Crippen LogP contribution in [0.5, 0.6) is 5.88 Å². The van der Waals surface area contributed by atoms with Crippen molar-refractivity contribution >= 4 is 34.1 Å². The van der Waals surface area contributed by atoms with E-state index in [1.54, 1.807) is 25.3 Å². The van der Waals surface area contributed by atoms with Gasteiger partial charge in [-0.15, -0.1) is 0 Å². The number of carbonyl (C=O) groups excluding carboxylic acids is 1. The lowest BCUT2D eigenvalue weighted by atomic mass is 9.79. The number of nitrogens with one attached hydrogen (secondary N) is 2. The molecule has 1 fully saturated rings. The van der Waals surface area contributed by atoms with Crippen LogP contribution >= 0.6 is 0 Å². The first-order chi connectivity index (χ1) is 16.3. The van der Waals surface area contributed by atoms with Gasteiger partial charge < -0.3 is 25.6 Å². The number of carbonyl (C=O) groups is 1. The van der Waals surface area contributed by atoms with Crippen molar-refractivity contribution in [1.82, 2.24) is 9.97 Å². The molecule has 1 aliphatic heterocycles. The molecule has 178 valence electrons. The lowest BCUT2D eigenvalue weighted by molar-refractivity contribution is -0.0262. The number of aliphatic hydroxyl groups excluding tert-OH is 1. The predicted molar refractivity (Wildman–Crippen MR) is 126 cm³/mol. The Morgan fingerprint density at radius 3 is 2.88 bits per heavy atom. The van der Waals surface area contributed by atoms with Crippen LogP contribution in [0.3, 0.4) is 0 Å². The number of ether oxygens (including phenoxy) is 2. The molecule has 5 N–H and O–H groups in total. The number of pyridine rings is 2. The number of halogens is 1. The molecule has 1 atom stereocenters. The standard InChI is InChI=1S/C24H26FN5O4/c1-11-17(9-29-23-22(11)27-3-4-33-23)16-7-14-8-19(28-10-18(14)21(26)20(16)25)30-24(32)34-15-5-13(6-15)12(2)31/h7-10,12-13,15,27,31H,3-6,26H2,1-2H3,(H,28,30,32)/t12-,13-,15-/m1/s1. The maximum absolute atomic E-state index is 15.3. The summed E-state index contributed by atoms with van der Waals surface area (Å²) in [5, 5.41) is 16.5. The topological polar surface area (TPSA) is 132 Å². The minimum atomic E-state index is -0.628. The Kier molecular flexibility index (Phi) is 5.60. The monoisotopic (exact) mass is 467 g/mol. The summed E-state index contributed by atoms with van der Waals surface area (Å²) < 4.78 is 26.2. The molecule has 2 aromatic heterocycles. The number of aliphatic hydroxyl groups is 1. The number of aromatic nitrogens is 2. The molecule has 3 heterocycles. The van der Waals surface area contributed by atoms with E-state index >= 15 is 4.39 Å². The van der Waals surface area contributed by atoms with Gasteiger partial charge >= 0.3 is 6.09 Å². The van der Waals surface area contributed by atoms with Crippen molar-refractivity contribution in [1.29, 1.82) is 0 Å². The first kappa shape index (κ1) is 22.1. The van der Waals surface area contributed by atoms with Crippen molar-refractivity contribution < 1.29 is 23.8 Å². The van der Waals surface area contributed by atoms with Gasteiger partial charge in [-0.2, -0.15) is 0 Å². The van der Waals surface area contributed by atoms with E-state index in [4.69, 9.17) is 15.2 Å². The summed E-state index contributed by atoms with van der Waals surface area (Å²) in [6, 6.07) is 3.29. The lowest BCUT2D eigenvalue weighted by Gasteiger charge is -2.36. The Morgan fingerprint density at radius 2 is 2.12 bits per heavy atom. The molecule has 0 radical (unpaired) electrons.